The van der Waals surface area contributed by atoms with Crippen LogP contribution in [0.15, 0.2) is 0 Å². The van der Waals surface area contributed by atoms with Crippen LogP contribution in [0.4, 0.5) is 0 Å². The molecule has 1 aromatic rings. The van der Waals surface area contributed by atoms with Gasteiger partial charge in [-0.25, -0.2) is 4.68 Å². The fourth-order valence-corrected chi connectivity index (χ4v) is 4.15. The molecule has 0 aromatic carbocycles. The Kier molecular flexibility index (Phi) is 5.38. The summed E-state index contributed by atoms with van der Waals surface area (Å²) >= 11 is 2.03. The number of aryl methyl sites for hydroxylation is 2. The molecule has 0 radical (unpaired) electrons. The molecule has 0 atom stereocenters. The molecule has 1 aliphatic rings. The number of nitrogens with one attached hydrogen (secondary N) is 1. The van der Waals surface area contributed by atoms with Crippen LogP contribution in [0.2, 0.25) is 0 Å². The van der Waals surface area contributed by atoms with E-state index in [0.717, 1.165) is 24.7 Å². The molecule has 1 aromatic heterocycles. The van der Waals surface area contributed by atoms with E-state index in [0.29, 0.717) is 4.75 Å². The van der Waals surface area contributed by atoms with Gasteiger partial charge in [0.1, 0.15) is 0 Å². The van der Waals surface area contributed by atoms with Gasteiger partial charge in [0.15, 0.2) is 0 Å². The van der Waals surface area contributed by atoms with Crippen LogP contribution in [0.25, 0.3) is 0 Å². The molecule has 4 nitrogen and oxygen atoms in total. The first-order valence-electron chi connectivity index (χ1n) is 7.44. The molecule has 0 unspecified atom stereocenters. The van der Waals surface area contributed by atoms with E-state index in [1.54, 1.807) is 7.11 Å². The molecule has 1 saturated carbocycles. The maximum Gasteiger partial charge on any atom is 0.216 e. The van der Waals surface area contributed by atoms with Crippen molar-refractivity contribution in [2.75, 3.05) is 19.9 Å². The topological polar surface area (TPSA) is 39.1 Å². The van der Waals surface area contributed by atoms with Crippen molar-refractivity contribution < 1.29 is 4.74 Å². The van der Waals surface area contributed by atoms with Crippen molar-refractivity contribution in [1.29, 1.82) is 0 Å². The number of thioether (sulfide) groups is 1. The maximum atomic E-state index is 5.45. The molecule has 1 aliphatic carbocycles. The average molecular weight is 297 g/mol. The molecule has 0 amide bonds. The van der Waals surface area contributed by atoms with Gasteiger partial charge in [0, 0.05) is 24.9 Å². The van der Waals surface area contributed by atoms with E-state index in [2.05, 4.69) is 16.7 Å². The van der Waals surface area contributed by atoms with E-state index >= 15 is 0 Å². The Balaban J connectivity index is 1.95. The zero-order valence-corrected chi connectivity index (χ0v) is 14.0. The van der Waals surface area contributed by atoms with Crippen LogP contribution in [-0.4, -0.2) is 34.4 Å². The summed E-state index contributed by atoms with van der Waals surface area (Å²) in [7, 11) is 3.64. The van der Waals surface area contributed by atoms with E-state index in [4.69, 9.17) is 4.74 Å². The Morgan fingerprint density at radius 3 is 2.65 bits per heavy atom. The summed E-state index contributed by atoms with van der Waals surface area (Å²) in [6.45, 7) is 3.96. The summed E-state index contributed by atoms with van der Waals surface area (Å²) < 4.78 is 7.70. The van der Waals surface area contributed by atoms with Crippen LogP contribution in [0.3, 0.4) is 0 Å². The first-order valence-corrected chi connectivity index (χ1v) is 8.67. The molecular formula is C15H27N3OS. The van der Waals surface area contributed by atoms with Crippen LogP contribution >= 0.6 is 11.8 Å². The minimum atomic E-state index is 0.432. The second-order valence-corrected chi connectivity index (χ2v) is 7.02. The predicted octanol–water partition coefficient (Wildman–Crippen LogP) is 2.89. The van der Waals surface area contributed by atoms with Crippen molar-refractivity contribution in [2.45, 2.75) is 50.3 Å². The van der Waals surface area contributed by atoms with Gasteiger partial charge in [-0.15, -0.1) is 0 Å². The SMILES string of the molecule is COc1c(CNCC2(SC)CCCCC2)c(C)nn1C. The number of nitrogens with zero attached hydrogens (tertiary/aromatic N) is 2. The smallest absolute Gasteiger partial charge is 0.216 e. The third kappa shape index (κ3) is 3.31. The Morgan fingerprint density at radius 2 is 2.05 bits per heavy atom. The fourth-order valence-electron chi connectivity index (χ4n) is 3.20. The van der Waals surface area contributed by atoms with Crippen molar-refractivity contribution in [3.05, 3.63) is 11.3 Å². The molecule has 0 spiro atoms. The van der Waals surface area contributed by atoms with Crippen molar-refractivity contribution in [2.24, 2.45) is 7.05 Å². The van der Waals surface area contributed by atoms with Gasteiger partial charge >= 0.3 is 0 Å². The second kappa shape index (κ2) is 6.85. The quantitative estimate of drug-likeness (QED) is 0.876. The highest BCUT2D eigenvalue weighted by Crippen LogP contribution is 2.38. The van der Waals surface area contributed by atoms with E-state index in [-0.39, 0.29) is 0 Å². The van der Waals surface area contributed by atoms with Crippen LogP contribution in [0.5, 0.6) is 5.88 Å². The molecule has 20 heavy (non-hydrogen) atoms. The predicted molar refractivity (Wildman–Crippen MR) is 85.5 cm³/mol. The fraction of sp³-hybridized carbons (Fsp3) is 0.800. The van der Waals surface area contributed by atoms with Gasteiger partial charge in [0.25, 0.3) is 0 Å². The number of ether oxygens (including phenoxy) is 1. The first kappa shape index (κ1) is 15.7. The second-order valence-electron chi connectivity index (χ2n) is 5.75. The van der Waals surface area contributed by atoms with Gasteiger partial charge in [0.2, 0.25) is 5.88 Å². The molecule has 5 heteroatoms. The summed E-state index contributed by atoms with van der Waals surface area (Å²) in [6.07, 6.45) is 9.07. The maximum absolute atomic E-state index is 5.45. The minimum Gasteiger partial charge on any atom is -0.481 e. The normalized spacial score (nSPS) is 18.2. The average Bonchev–Trinajstić information content (AvgIpc) is 2.73. The molecule has 2 rings (SSSR count). The summed E-state index contributed by atoms with van der Waals surface area (Å²) in [5.41, 5.74) is 2.24. The monoisotopic (exact) mass is 297 g/mol. The summed E-state index contributed by atoms with van der Waals surface area (Å²) in [4.78, 5) is 0. The standard InChI is InChI=1S/C15H27N3OS/c1-12-13(14(19-3)18(2)17-12)10-16-11-15(20-4)8-6-5-7-9-15/h16H,5-11H2,1-4H3. The third-order valence-electron chi connectivity index (χ3n) is 4.43. The lowest BCUT2D eigenvalue weighted by atomic mass is 9.88. The molecule has 1 N–H and O–H groups in total. The lowest BCUT2D eigenvalue weighted by Gasteiger charge is -2.36. The highest BCUT2D eigenvalue weighted by atomic mass is 32.2. The molecular weight excluding hydrogens is 270 g/mol. The molecule has 1 fully saturated rings. The highest BCUT2D eigenvalue weighted by molar-refractivity contribution is 8.00. The van der Waals surface area contributed by atoms with Gasteiger partial charge in [-0.05, 0) is 26.0 Å². The molecule has 0 saturated heterocycles. The summed E-state index contributed by atoms with van der Waals surface area (Å²) in [6, 6.07) is 0. The zero-order valence-electron chi connectivity index (χ0n) is 13.2. The summed E-state index contributed by atoms with van der Waals surface area (Å²) in [5, 5.41) is 8.07. The largest absolute Gasteiger partial charge is 0.481 e. The van der Waals surface area contributed by atoms with Gasteiger partial charge in [-0.2, -0.15) is 16.9 Å². The number of aromatic nitrogens is 2. The van der Waals surface area contributed by atoms with E-state index < -0.39 is 0 Å². The Bertz CT molecular complexity index is 439. The molecule has 114 valence electrons. The summed E-state index contributed by atoms with van der Waals surface area (Å²) in [5.74, 6) is 0.872. The lowest BCUT2D eigenvalue weighted by molar-refractivity contribution is 0.361. The van der Waals surface area contributed by atoms with Gasteiger partial charge in [-0.3, -0.25) is 0 Å². The third-order valence-corrected chi connectivity index (χ3v) is 5.85. The number of hydrogen-bond donors (Lipinski definition) is 1. The van der Waals surface area contributed by atoms with Crippen LogP contribution < -0.4 is 10.1 Å². The molecule has 0 bridgehead atoms. The van der Waals surface area contributed by atoms with Gasteiger partial charge in [-0.1, -0.05) is 19.3 Å². The lowest BCUT2D eigenvalue weighted by Crippen LogP contribution is -2.39. The van der Waals surface area contributed by atoms with Crippen molar-refractivity contribution in [1.82, 2.24) is 15.1 Å². The van der Waals surface area contributed by atoms with E-state index in [9.17, 15) is 0 Å². The first-order chi connectivity index (χ1) is 9.62. The Morgan fingerprint density at radius 1 is 1.35 bits per heavy atom. The van der Waals surface area contributed by atoms with Gasteiger partial charge < -0.3 is 10.1 Å². The van der Waals surface area contributed by atoms with Crippen molar-refractivity contribution in [3.8, 4) is 5.88 Å². The van der Waals surface area contributed by atoms with Crippen LogP contribution in [0, 0.1) is 6.92 Å². The minimum absolute atomic E-state index is 0.432. The Labute approximate surface area is 126 Å². The molecule has 0 aliphatic heterocycles. The van der Waals surface area contributed by atoms with Crippen molar-refractivity contribution in [3.63, 3.8) is 0 Å². The van der Waals surface area contributed by atoms with E-state index in [1.165, 1.54) is 37.7 Å². The highest BCUT2D eigenvalue weighted by Gasteiger charge is 2.30. The number of rotatable bonds is 6. The molecule has 1 heterocycles. The zero-order chi connectivity index (χ0) is 14.6. The van der Waals surface area contributed by atoms with Crippen LogP contribution in [0.1, 0.15) is 43.4 Å². The number of methoxy groups -OCH3 is 1. The van der Waals surface area contributed by atoms with Crippen molar-refractivity contribution >= 4 is 11.8 Å². The van der Waals surface area contributed by atoms with E-state index in [1.807, 2.05) is 30.4 Å². The van der Waals surface area contributed by atoms with Gasteiger partial charge in [0.05, 0.1) is 18.4 Å². The Hall–Kier alpha value is -0.680. The number of hydrogen-bond acceptors (Lipinski definition) is 4. The van der Waals surface area contributed by atoms with Crippen LogP contribution in [-0.2, 0) is 13.6 Å².